The third-order valence-electron chi connectivity index (χ3n) is 10.1. The minimum Gasteiger partial charge on any atom is -0.508 e. The molecular weight excluding hydrogens is 708 g/mol. The van der Waals surface area contributed by atoms with E-state index >= 15 is 0 Å². The summed E-state index contributed by atoms with van der Waals surface area (Å²) < 4.78 is 11.7. The number of carbonyl (C=O) groups excluding carboxylic acids is 6. The average molecular weight is 757 g/mol. The van der Waals surface area contributed by atoms with Gasteiger partial charge in [-0.3, -0.25) is 28.8 Å². The summed E-state index contributed by atoms with van der Waals surface area (Å²) in [5.41, 5.74) is 1.92. The number of phenols is 1. The molecule has 0 saturated carbocycles. The lowest BCUT2D eigenvalue weighted by atomic mass is 9.98. The molecule has 3 aliphatic rings. The Hall–Kier alpha value is -6.12. The van der Waals surface area contributed by atoms with Gasteiger partial charge in [0.05, 0.1) is 7.11 Å². The van der Waals surface area contributed by atoms with Crippen molar-refractivity contribution in [3.8, 4) is 23.0 Å². The summed E-state index contributed by atoms with van der Waals surface area (Å²) in [6.45, 7) is 4.40. The fourth-order valence-electron chi connectivity index (χ4n) is 6.70. The number of amides is 6. The zero-order valence-electron chi connectivity index (χ0n) is 32.0. The Morgan fingerprint density at radius 3 is 1.84 bits per heavy atom. The Bertz CT molecular complexity index is 1940. The van der Waals surface area contributed by atoms with Crippen molar-refractivity contribution in [2.75, 3.05) is 28.3 Å². The SMILES string of the molecule is COc1ccc2cc1Oc1ccc(cc1)CC1C(=O)N(C)C(C2)C(=O)NC(C)C(=O)NC(C)C(=O)N(C)C(Cc2ccc(O)cc2)C(=O)NC(C)C(=O)N1C. The van der Waals surface area contributed by atoms with E-state index in [9.17, 15) is 33.9 Å². The Balaban J connectivity index is 1.58. The standard InChI is InChI=1S/C40H48N6O9/c1-22-35(48)42-23(2)38(51)44(4)30(18-25-8-13-28(47)14-9-25)37(50)43-24(3)39(52)46(6)32-19-26-10-15-29(16-11-26)55-34-21-27(12-17-33(34)54-7)20-31(36(49)41-22)45(5)40(32)53/h8-17,21-24,30-32,47H,18-20H2,1-7H3,(H,41,49)(H,42,48)(H,43,50). The zero-order valence-corrected chi connectivity index (χ0v) is 32.0. The van der Waals surface area contributed by atoms with Gasteiger partial charge in [0, 0.05) is 40.4 Å². The van der Waals surface area contributed by atoms with Gasteiger partial charge in [-0.1, -0.05) is 30.3 Å². The number of likely N-dealkylation sites (N-methyl/N-ethyl adjacent to an activating group) is 3. The van der Waals surface area contributed by atoms with Gasteiger partial charge in [0.2, 0.25) is 35.4 Å². The summed E-state index contributed by atoms with van der Waals surface area (Å²) >= 11 is 0. The first-order chi connectivity index (χ1) is 26.1. The third kappa shape index (κ3) is 9.16. The molecule has 15 heteroatoms. The van der Waals surface area contributed by atoms with Crippen LogP contribution in [0, 0.1) is 0 Å². The van der Waals surface area contributed by atoms with Crippen LogP contribution in [0.4, 0.5) is 0 Å². The molecule has 6 rings (SSSR count). The molecular formula is C40H48N6O9. The first kappa shape index (κ1) is 40.1. The monoisotopic (exact) mass is 756 g/mol. The van der Waals surface area contributed by atoms with Crippen molar-refractivity contribution in [2.45, 2.75) is 76.3 Å². The van der Waals surface area contributed by atoms with E-state index in [1.807, 2.05) is 0 Å². The van der Waals surface area contributed by atoms with Gasteiger partial charge >= 0.3 is 0 Å². The molecule has 4 N–H and O–H groups in total. The smallest absolute Gasteiger partial charge is 0.246 e. The predicted molar refractivity (Wildman–Crippen MR) is 201 cm³/mol. The van der Waals surface area contributed by atoms with Gasteiger partial charge in [-0.15, -0.1) is 0 Å². The van der Waals surface area contributed by atoms with Gasteiger partial charge in [0.25, 0.3) is 0 Å². The molecule has 55 heavy (non-hydrogen) atoms. The number of hydrogen-bond acceptors (Lipinski definition) is 9. The molecule has 3 heterocycles. The van der Waals surface area contributed by atoms with Crippen LogP contribution in [0.5, 0.6) is 23.0 Å². The highest BCUT2D eigenvalue weighted by Crippen LogP contribution is 2.34. The van der Waals surface area contributed by atoms with E-state index in [1.54, 1.807) is 54.6 Å². The van der Waals surface area contributed by atoms with E-state index < -0.39 is 71.7 Å². The number of nitrogens with zero attached hydrogens (tertiary/aromatic N) is 3. The van der Waals surface area contributed by atoms with Gasteiger partial charge in [0.15, 0.2) is 11.5 Å². The van der Waals surface area contributed by atoms with Crippen molar-refractivity contribution in [3.63, 3.8) is 0 Å². The van der Waals surface area contributed by atoms with Crippen molar-refractivity contribution in [1.29, 1.82) is 0 Å². The second kappa shape index (κ2) is 16.9. The third-order valence-corrected chi connectivity index (χ3v) is 10.1. The van der Waals surface area contributed by atoms with Crippen LogP contribution in [0.25, 0.3) is 0 Å². The second-order valence-corrected chi connectivity index (χ2v) is 14.1. The van der Waals surface area contributed by atoms with Crippen LogP contribution in [0.2, 0.25) is 0 Å². The van der Waals surface area contributed by atoms with Crippen molar-refractivity contribution in [1.82, 2.24) is 30.7 Å². The summed E-state index contributed by atoms with van der Waals surface area (Å²) in [7, 11) is 5.85. The number of aromatic hydroxyl groups is 1. The highest BCUT2D eigenvalue weighted by molar-refractivity contribution is 5.98. The molecule has 1 saturated heterocycles. The minimum absolute atomic E-state index is 0.000700. The first-order valence-electron chi connectivity index (χ1n) is 18.0. The summed E-state index contributed by atoms with van der Waals surface area (Å²) in [6.07, 6.45) is 0.0624. The van der Waals surface area contributed by atoms with Gasteiger partial charge < -0.3 is 45.2 Å². The molecule has 3 aromatic carbocycles. The van der Waals surface area contributed by atoms with Crippen LogP contribution in [-0.2, 0) is 48.0 Å². The Morgan fingerprint density at radius 2 is 1.20 bits per heavy atom. The summed E-state index contributed by atoms with van der Waals surface area (Å²) in [4.78, 5) is 87.8. The Labute approximate surface area is 319 Å². The molecule has 15 nitrogen and oxygen atoms in total. The lowest BCUT2D eigenvalue weighted by molar-refractivity contribution is -0.149. The lowest BCUT2D eigenvalue weighted by Gasteiger charge is -2.36. The topological polar surface area (TPSA) is 187 Å². The van der Waals surface area contributed by atoms with Crippen LogP contribution in [0.3, 0.4) is 0 Å². The van der Waals surface area contributed by atoms with Crippen molar-refractivity contribution in [2.24, 2.45) is 0 Å². The maximum absolute atomic E-state index is 14.6. The van der Waals surface area contributed by atoms with Crippen LogP contribution in [-0.4, -0.2) is 120 Å². The summed E-state index contributed by atoms with van der Waals surface area (Å²) in [6, 6.07) is 11.4. The maximum Gasteiger partial charge on any atom is 0.246 e. The van der Waals surface area contributed by atoms with Crippen molar-refractivity contribution >= 4 is 35.4 Å². The molecule has 3 aromatic rings. The highest BCUT2D eigenvalue weighted by atomic mass is 16.5. The fourth-order valence-corrected chi connectivity index (χ4v) is 6.70. The second-order valence-electron chi connectivity index (χ2n) is 14.1. The van der Waals surface area contributed by atoms with E-state index in [4.69, 9.17) is 9.47 Å². The number of carbonyl (C=O) groups is 6. The van der Waals surface area contributed by atoms with Gasteiger partial charge in [0.1, 0.15) is 47.8 Å². The molecule has 292 valence electrons. The molecule has 6 atom stereocenters. The number of nitrogens with one attached hydrogen (secondary N) is 3. The van der Waals surface area contributed by atoms with Crippen LogP contribution >= 0.6 is 0 Å². The van der Waals surface area contributed by atoms with Gasteiger partial charge in [-0.25, -0.2) is 0 Å². The lowest BCUT2D eigenvalue weighted by Crippen LogP contribution is -2.61. The summed E-state index contributed by atoms with van der Waals surface area (Å²) in [5, 5.41) is 17.9. The van der Waals surface area contributed by atoms with E-state index in [1.165, 1.54) is 75.9 Å². The van der Waals surface area contributed by atoms with E-state index in [0.717, 1.165) is 0 Å². The molecule has 0 radical (unpaired) electrons. The number of rotatable bonds is 3. The number of benzene rings is 3. The number of phenolic OH excluding ortho intramolecular Hbond substituents is 1. The largest absolute Gasteiger partial charge is 0.508 e. The Kier molecular flexibility index (Phi) is 12.3. The molecule has 3 aliphatic heterocycles. The van der Waals surface area contributed by atoms with Crippen molar-refractivity contribution in [3.05, 3.63) is 83.4 Å². The zero-order chi connectivity index (χ0) is 40.1. The number of methoxy groups -OCH3 is 1. The van der Waals surface area contributed by atoms with Crippen LogP contribution in [0.15, 0.2) is 66.7 Å². The van der Waals surface area contributed by atoms with Crippen molar-refractivity contribution < 1.29 is 43.3 Å². The summed E-state index contributed by atoms with van der Waals surface area (Å²) in [5.74, 6) is -2.36. The van der Waals surface area contributed by atoms with Crippen LogP contribution < -0.4 is 25.4 Å². The quantitative estimate of drug-likeness (QED) is 0.308. The first-order valence-corrected chi connectivity index (χ1v) is 18.0. The van der Waals surface area contributed by atoms with Gasteiger partial charge in [-0.05, 0) is 73.9 Å². The van der Waals surface area contributed by atoms with E-state index in [2.05, 4.69) is 16.0 Å². The molecule has 0 aliphatic carbocycles. The minimum atomic E-state index is -1.17. The number of fused-ring (bicyclic) bond motifs is 2. The molecule has 6 amide bonds. The number of hydrogen-bond donors (Lipinski definition) is 4. The number of ether oxygens (including phenoxy) is 2. The predicted octanol–water partition coefficient (Wildman–Crippen LogP) is 1.54. The highest BCUT2D eigenvalue weighted by Gasteiger charge is 2.39. The molecule has 6 unspecified atom stereocenters. The van der Waals surface area contributed by atoms with Crippen LogP contribution in [0.1, 0.15) is 37.5 Å². The van der Waals surface area contributed by atoms with E-state index in [-0.39, 0.29) is 25.0 Å². The maximum atomic E-state index is 14.6. The molecule has 6 bridgehead atoms. The fraction of sp³-hybridized carbons (Fsp3) is 0.400. The van der Waals surface area contributed by atoms with E-state index in [0.29, 0.717) is 33.9 Å². The molecule has 1 fully saturated rings. The normalized spacial score (nSPS) is 24.6. The Morgan fingerprint density at radius 1 is 0.655 bits per heavy atom. The average Bonchev–Trinajstić information content (AvgIpc) is 3.16. The van der Waals surface area contributed by atoms with Gasteiger partial charge in [-0.2, -0.15) is 0 Å². The molecule has 0 spiro atoms. The molecule has 0 aromatic heterocycles.